The summed E-state index contributed by atoms with van der Waals surface area (Å²) in [4.78, 5) is 0. The number of rotatable bonds is 1. The molecule has 0 spiro atoms. The fourth-order valence-electron chi connectivity index (χ4n) is 1.88. The van der Waals surface area contributed by atoms with Crippen molar-refractivity contribution in [3.05, 3.63) is 48.7 Å². The SMILES string of the molecule is Nc1cnoc1-c1cccc2ccccc12. The second kappa shape index (κ2) is 3.38. The van der Waals surface area contributed by atoms with Crippen LogP contribution in [0.3, 0.4) is 0 Å². The van der Waals surface area contributed by atoms with Crippen molar-refractivity contribution in [3.8, 4) is 11.3 Å². The van der Waals surface area contributed by atoms with E-state index in [0.717, 1.165) is 16.3 Å². The van der Waals surface area contributed by atoms with Crippen LogP contribution in [0.2, 0.25) is 0 Å². The molecule has 3 aromatic rings. The van der Waals surface area contributed by atoms with Gasteiger partial charge in [0.25, 0.3) is 0 Å². The van der Waals surface area contributed by atoms with Crippen LogP contribution in [0.1, 0.15) is 0 Å². The highest BCUT2D eigenvalue weighted by Crippen LogP contribution is 2.31. The van der Waals surface area contributed by atoms with E-state index in [-0.39, 0.29) is 0 Å². The van der Waals surface area contributed by atoms with Gasteiger partial charge in [0.15, 0.2) is 5.76 Å². The second-order valence-corrected chi connectivity index (χ2v) is 3.64. The molecule has 0 amide bonds. The number of aromatic nitrogens is 1. The van der Waals surface area contributed by atoms with Crippen LogP contribution >= 0.6 is 0 Å². The Labute approximate surface area is 92.5 Å². The average Bonchev–Trinajstić information content (AvgIpc) is 2.75. The number of nitrogens with two attached hydrogens (primary N) is 1. The molecule has 0 bridgehead atoms. The molecule has 1 heterocycles. The first kappa shape index (κ1) is 8.97. The molecule has 0 saturated carbocycles. The van der Waals surface area contributed by atoms with E-state index < -0.39 is 0 Å². The first-order chi connectivity index (χ1) is 7.86. The van der Waals surface area contributed by atoms with E-state index in [0.29, 0.717) is 11.4 Å². The third-order valence-electron chi connectivity index (χ3n) is 2.63. The lowest BCUT2D eigenvalue weighted by Crippen LogP contribution is -1.85. The van der Waals surface area contributed by atoms with E-state index in [9.17, 15) is 0 Å². The summed E-state index contributed by atoms with van der Waals surface area (Å²) in [5, 5.41) is 5.99. The van der Waals surface area contributed by atoms with Crippen LogP contribution in [0.5, 0.6) is 0 Å². The van der Waals surface area contributed by atoms with Gasteiger partial charge in [-0.05, 0) is 10.8 Å². The van der Waals surface area contributed by atoms with E-state index >= 15 is 0 Å². The van der Waals surface area contributed by atoms with Crippen molar-refractivity contribution in [2.75, 3.05) is 5.73 Å². The topological polar surface area (TPSA) is 52.0 Å². The number of fused-ring (bicyclic) bond motifs is 1. The molecule has 0 aliphatic heterocycles. The largest absolute Gasteiger partial charge is 0.394 e. The first-order valence-electron chi connectivity index (χ1n) is 5.04. The van der Waals surface area contributed by atoms with Crippen LogP contribution in [0.4, 0.5) is 5.69 Å². The van der Waals surface area contributed by atoms with Crippen LogP contribution in [-0.4, -0.2) is 5.16 Å². The Balaban J connectivity index is 2.36. The van der Waals surface area contributed by atoms with E-state index in [1.54, 1.807) is 0 Å². The Morgan fingerprint density at radius 3 is 2.62 bits per heavy atom. The van der Waals surface area contributed by atoms with Crippen molar-refractivity contribution in [1.82, 2.24) is 5.16 Å². The Hall–Kier alpha value is -2.29. The van der Waals surface area contributed by atoms with Gasteiger partial charge in [0, 0.05) is 5.56 Å². The van der Waals surface area contributed by atoms with Crippen LogP contribution in [0.15, 0.2) is 53.2 Å². The van der Waals surface area contributed by atoms with Gasteiger partial charge in [-0.25, -0.2) is 0 Å². The Morgan fingerprint density at radius 2 is 1.81 bits per heavy atom. The predicted molar refractivity (Wildman–Crippen MR) is 63.9 cm³/mol. The minimum atomic E-state index is 0.566. The van der Waals surface area contributed by atoms with Crippen LogP contribution in [-0.2, 0) is 0 Å². The molecule has 2 N–H and O–H groups in total. The maximum atomic E-state index is 5.81. The van der Waals surface area contributed by atoms with Gasteiger partial charge in [-0.1, -0.05) is 47.6 Å². The molecular weight excluding hydrogens is 200 g/mol. The second-order valence-electron chi connectivity index (χ2n) is 3.64. The zero-order valence-corrected chi connectivity index (χ0v) is 8.55. The van der Waals surface area contributed by atoms with Gasteiger partial charge < -0.3 is 10.3 Å². The maximum Gasteiger partial charge on any atom is 0.190 e. The number of nitrogens with zero attached hydrogens (tertiary/aromatic N) is 1. The number of hydrogen-bond acceptors (Lipinski definition) is 3. The molecule has 16 heavy (non-hydrogen) atoms. The molecule has 2 aromatic carbocycles. The first-order valence-corrected chi connectivity index (χ1v) is 5.04. The standard InChI is InChI=1S/C13H10N2O/c14-12-8-15-16-13(12)11-7-3-5-9-4-1-2-6-10(9)11/h1-8H,14H2. The van der Waals surface area contributed by atoms with Gasteiger partial charge in [-0.15, -0.1) is 0 Å². The maximum absolute atomic E-state index is 5.81. The Kier molecular flexibility index (Phi) is 1.90. The van der Waals surface area contributed by atoms with Crippen LogP contribution in [0.25, 0.3) is 22.1 Å². The van der Waals surface area contributed by atoms with Crippen molar-refractivity contribution in [3.63, 3.8) is 0 Å². The summed E-state index contributed by atoms with van der Waals surface area (Å²) in [7, 11) is 0. The quantitative estimate of drug-likeness (QED) is 0.671. The molecule has 1 aromatic heterocycles. The van der Waals surface area contributed by atoms with Gasteiger partial charge in [-0.3, -0.25) is 0 Å². The smallest absolute Gasteiger partial charge is 0.190 e. The molecule has 3 rings (SSSR count). The molecule has 3 heteroatoms. The summed E-state index contributed by atoms with van der Waals surface area (Å²) < 4.78 is 5.18. The lowest BCUT2D eigenvalue weighted by Gasteiger charge is -2.03. The van der Waals surface area contributed by atoms with Crippen molar-refractivity contribution in [2.24, 2.45) is 0 Å². The van der Waals surface area contributed by atoms with Gasteiger partial charge in [0.05, 0.1) is 6.20 Å². The summed E-state index contributed by atoms with van der Waals surface area (Å²) in [6.45, 7) is 0. The van der Waals surface area contributed by atoms with Crippen molar-refractivity contribution < 1.29 is 4.52 Å². The number of anilines is 1. The molecule has 0 saturated heterocycles. The van der Waals surface area contributed by atoms with Gasteiger partial charge in [0.2, 0.25) is 0 Å². The van der Waals surface area contributed by atoms with E-state index in [1.165, 1.54) is 6.20 Å². The minimum absolute atomic E-state index is 0.566. The Morgan fingerprint density at radius 1 is 1.00 bits per heavy atom. The number of benzene rings is 2. The van der Waals surface area contributed by atoms with E-state index in [4.69, 9.17) is 10.3 Å². The van der Waals surface area contributed by atoms with Crippen molar-refractivity contribution in [2.45, 2.75) is 0 Å². The highest BCUT2D eigenvalue weighted by Gasteiger charge is 2.10. The molecule has 0 atom stereocenters. The molecule has 3 nitrogen and oxygen atoms in total. The van der Waals surface area contributed by atoms with Gasteiger partial charge in [-0.2, -0.15) is 0 Å². The highest BCUT2D eigenvalue weighted by molar-refractivity contribution is 5.97. The van der Waals surface area contributed by atoms with Crippen LogP contribution < -0.4 is 5.73 Å². The average molecular weight is 210 g/mol. The molecule has 78 valence electrons. The Bertz CT molecular complexity index is 638. The summed E-state index contributed by atoms with van der Waals surface area (Å²) in [5.74, 6) is 0.636. The lowest BCUT2D eigenvalue weighted by molar-refractivity contribution is 0.433. The molecule has 0 aliphatic carbocycles. The van der Waals surface area contributed by atoms with E-state index in [1.807, 2.05) is 30.3 Å². The van der Waals surface area contributed by atoms with Gasteiger partial charge >= 0.3 is 0 Å². The summed E-state index contributed by atoms with van der Waals surface area (Å²) in [6.07, 6.45) is 1.52. The zero-order chi connectivity index (χ0) is 11.0. The van der Waals surface area contributed by atoms with Crippen molar-refractivity contribution in [1.29, 1.82) is 0 Å². The lowest BCUT2D eigenvalue weighted by atomic mass is 10.0. The zero-order valence-electron chi connectivity index (χ0n) is 8.55. The fourth-order valence-corrected chi connectivity index (χ4v) is 1.88. The monoisotopic (exact) mass is 210 g/mol. The third kappa shape index (κ3) is 1.26. The normalized spacial score (nSPS) is 10.8. The molecular formula is C13H10N2O. The summed E-state index contributed by atoms with van der Waals surface area (Å²) in [5.41, 5.74) is 7.35. The molecule has 0 aliphatic rings. The summed E-state index contributed by atoms with van der Waals surface area (Å²) >= 11 is 0. The van der Waals surface area contributed by atoms with Crippen LogP contribution in [0, 0.1) is 0 Å². The highest BCUT2D eigenvalue weighted by atomic mass is 16.5. The third-order valence-corrected chi connectivity index (χ3v) is 2.63. The molecule has 0 fully saturated rings. The number of hydrogen-bond donors (Lipinski definition) is 1. The van der Waals surface area contributed by atoms with Gasteiger partial charge in [0.1, 0.15) is 5.69 Å². The van der Waals surface area contributed by atoms with E-state index in [2.05, 4.69) is 17.3 Å². The summed E-state index contributed by atoms with van der Waals surface area (Å²) in [6, 6.07) is 14.1. The predicted octanol–water partition coefficient (Wildman–Crippen LogP) is 3.08. The fraction of sp³-hybridized carbons (Fsp3) is 0. The van der Waals surface area contributed by atoms with Crippen molar-refractivity contribution >= 4 is 16.5 Å². The minimum Gasteiger partial charge on any atom is -0.394 e. The molecule has 0 unspecified atom stereocenters. The molecule has 0 radical (unpaired) electrons. The number of nitrogen functional groups attached to an aromatic ring is 1.